The second kappa shape index (κ2) is 5.24. The molecule has 2 atom stereocenters. The molecular formula is C14H20N2O2. The number of carbonyl (C=O) groups is 1. The zero-order chi connectivity index (χ0) is 12.4. The number of hydrogen-bond donors (Lipinski definition) is 1. The monoisotopic (exact) mass is 248 g/mol. The molecule has 1 aliphatic heterocycles. The Morgan fingerprint density at radius 3 is 3.17 bits per heavy atom. The third-order valence-electron chi connectivity index (χ3n) is 4.09. The van der Waals surface area contributed by atoms with Crippen LogP contribution in [0.2, 0.25) is 0 Å². The van der Waals surface area contributed by atoms with Crippen molar-refractivity contribution in [3.8, 4) is 0 Å². The van der Waals surface area contributed by atoms with Crippen molar-refractivity contribution in [1.29, 1.82) is 0 Å². The van der Waals surface area contributed by atoms with Crippen molar-refractivity contribution >= 4 is 5.78 Å². The van der Waals surface area contributed by atoms with Gasteiger partial charge in [0, 0.05) is 18.8 Å². The highest BCUT2D eigenvalue weighted by atomic mass is 16.5. The molecule has 1 aliphatic carbocycles. The maximum Gasteiger partial charge on any atom is 0.192 e. The summed E-state index contributed by atoms with van der Waals surface area (Å²) in [6.07, 6.45) is 7.00. The zero-order valence-electron chi connectivity index (χ0n) is 10.6. The van der Waals surface area contributed by atoms with Gasteiger partial charge < -0.3 is 9.72 Å². The van der Waals surface area contributed by atoms with Crippen molar-refractivity contribution < 1.29 is 9.53 Å². The van der Waals surface area contributed by atoms with Gasteiger partial charge in [0.05, 0.1) is 24.9 Å². The molecule has 0 amide bonds. The molecule has 2 aliphatic rings. The number of hydrogen-bond acceptors (Lipinski definition) is 3. The standard InChI is InChI=1S/C14H20N2O2/c17-13(11-4-3-7-15-11)10-16-8-9-18-14-6-2-1-5-12(14)16/h3-4,7,12,14-15H,1-2,5-6,8-10H2. The fourth-order valence-corrected chi connectivity index (χ4v) is 3.15. The topological polar surface area (TPSA) is 45.3 Å². The Labute approximate surface area is 107 Å². The molecule has 0 radical (unpaired) electrons. The van der Waals surface area contributed by atoms with Crippen molar-refractivity contribution in [3.63, 3.8) is 0 Å². The number of aromatic nitrogens is 1. The third-order valence-corrected chi connectivity index (χ3v) is 4.09. The summed E-state index contributed by atoms with van der Waals surface area (Å²) < 4.78 is 5.82. The Morgan fingerprint density at radius 1 is 1.44 bits per heavy atom. The van der Waals surface area contributed by atoms with Crippen molar-refractivity contribution in [2.24, 2.45) is 0 Å². The van der Waals surface area contributed by atoms with Crippen LogP contribution < -0.4 is 0 Å². The highest BCUT2D eigenvalue weighted by molar-refractivity contribution is 5.95. The van der Waals surface area contributed by atoms with Crippen molar-refractivity contribution in [1.82, 2.24) is 9.88 Å². The summed E-state index contributed by atoms with van der Waals surface area (Å²) >= 11 is 0. The second-order valence-corrected chi connectivity index (χ2v) is 5.24. The molecule has 4 heteroatoms. The van der Waals surface area contributed by atoms with Crippen LogP contribution in [0.5, 0.6) is 0 Å². The van der Waals surface area contributed by atoms with Gasteiger partial charge in [0.15, 0.2) is 5.78 Å². The maximum atomic E-state index is 12.1. The lowest BCUT2D eigenvalue weighted by molar-refractivity contribution is -0.0846. The summed E-state index contributed by atoms with van der Waals surface area (Å²) in [5, 5.41) is 0. The smallest absolute Gasteiger partial charge is 0.192 e. The first-order valence-corrected chi connectivity index (χ1v) is 6.87. The number of rotatable bonds is 3. The minimum absolute atomic E-state index is 0.186. The van der Waals surface area contributed by atoms with E-state index in [-0.39, 0.29) is 5.78 Å². The molecular weight excluding hydrogens is 228 g/mol. The number of ether oxygens (including phenoxy) is 1. The van der Waals surface area contributed by atoms with Gasteiger partial charge in [-0.15, -0.1) is 0 Å². The molecule has 2 fully saturated rings. The average Bonchev–Trinajstić information content (AvgIpc) is 2.93. The van der Waals surface area contributed by atoms with E-state index in [2.05, 4.69) is 9.88 Å². The van der Waals surface area contributed by atoms with Gasteiger partial charge in [-0.1, -0.05) is 12.8 Å². The summed E-state index contributed by atoms with van der Waals surface area (Å²) in [4.78, 5) is 17.4. The molecule has 2 unspecified atom stereocenters. The van der Waals surface area contributed by atoms with Crippen molar-refractivity contribution in [3.05, 3.63) is 24.0 Å². The van der Waals surface area contributed by atoms with Crippen LogP contribution in [0, 0.1) is 0 Å². The molecule has 3 rings (SSSR count). The van der Waals surface area contributed by atoms with Crippen molar-refractivity contribution in [2.75, 3.05) is 19.7 Å². The molecule has 0 bridgehead atoms. The van der Waals surface area contributed by atoms with E-state index in [1.165, 1.54) is 19.3 Å². The number of aromatic amines is 1. The number of H-pyrrole nitrogens is 1. The normalized spacial score (nSPS) is 28.9. The quantitative estimate of drug-likeness (QED) is 0.830. The average molecular weight is 248 g/mol. The van der Waals surface area contributed by atoms with Crippen LogP contribution in [-0.2, 0) is 4.74 Å². The molecule has 2 heterocycles. The van der Waals surface area contributed by atoms with E-state index in [1.54, 1.807) is 6.20 Å². The van der Waals surface area contributed by atoms with Crippen LogP contribution in [-0.4, -0.2) is 47.5 Å². The predicted octanol–water partition coefficient (Wildman–Crippen LogP) is 1.84. The number of nitrogens with one attached hydrogen (secondary N) is 1. The Morgan fingerprint density at radius 2 is 2.33 bits per heavy atom. The van der Waals surface area contributed by atoms with Crippen LogP contribution >= 0.6 is 0 Å². The number of nitrogens with zero attached hydrogens (tertiary/aromatic N) is 1. The van der Waals surface area contributed by atoms with Crippen LogP contribution in [0.1, 0.15) is 36.2 Å². The van der Waals surface area contributed by atoms with Crippen LogP contribution in [0.25, 0.3) is 0 Å². The minimum Gasteiger partial charge on any atom is -0.375 e. The van der Waals surface area contributed by atoms with Crippen LogP contribution in [0.4, 0.5) is 0 Å². The number of fused-ring (bicyclic) bond motifs is 1. The van der Waals surface area contributed by atoms with E-state index in [0.717, 1.165) is 19.6 Å². The summed E-state index contributed by atoms with van der Waals surface area (Å²) in [6.45, 7) is 2.16. The van der Waals surface area contributed by atoms with Crippen molar-refractivity contribution in [2.45, 2.75) is 37.8 Å². The first-order valence-electron chi connectivity index (χ1n) is 6.87. The zero-order valence-corrected chi connectivity index (χ0v) is 10.6. The summed E-state index contributed by atoms with van der Waals surface area (Å²) in [6, 6.07) is 4.17. The first kappa shape index (κ1) is 11.9. The minimum atomic E-state index is 0.186. The molecule has 1 aromatic heterocycles. The Hall–Kier alpha value is -1.13. The summed E-state index contributed by atoms with van der Waals surface area (Å²) in [7, 11) is 0. The second-order valence-electron chi connectivity index (χ2n) is 5.24. The molecule has 0 aromatic carbocycles. The van der Waals surface area contributed by atoms with Crippen LogP contribution in [0.15, 0.2) is 18.3 Å². The predicted molar refractivity (Wildman–Crippen MR) is 68.7 cm³/mol. The SMILES string of the molecule is O=C(CN1CCOC2CCCCC21)c1ccc[nH]1. The molecule has 1 saturated carbocycles. The van der Waals surface area contributed by atoms with Gasteiger partial charge in [-0.3, -0.25) is 9.69 Å². The van der Waals surface area contributed by atoms with Gasteiger partial charge in [-0.25, -0.2) is 0 Å². The number of morpholine rings is 1. The Balaban J connectivity index is 1.66. The van der Waals surface area contributed by atoms with Gasteiger partial charge >= 0.3 is 0 Å². The third kappa shape index (κ3) is 2.35. The lowest BCUT2D eigenvalue weighted by atomic mass is 9.90. The lowest BCUT2D eigenvalue weighted by Crippen LogP contribution is -2.53. The van der Waals surface area contributed by atoms with E-state index in [4.69, 9.17) is 4.74 Å². The van der Waals surface area contributed by atoms with Crippen LogP contribution in [0.3, 0.4) is 0 Å². The molecule has 1 aromatic rings. The maximum absolute atomic E-state index is 12.1. The Kier molecular flexibility index (Phi) is 3.48. The van der Waals surface area contributed by atoms with E-state index in [0.29, 0.717) is 24.4 Å². The number of Topliss-reactive ketones (excluding diaryl/α,β-unsaturated/α-hetero) is 1. The summed E-state index contributed by atoms with van der Waals surface area (Å²) in [5.74, 6) is 0.186. The molecule has 18 heavy (non-hydrogen) atoms. The van der Waals surface area contributed by atoms with Gasteiger partial charge in [-0.2, -0.15) is 0 Å². The van der Waals surface area contributed by atoms with Gasteiger partial charge in [0.25, 0.3) is 0 Å². The van der Waals surface area contributed by atoms with E-state index < -0.39 is 0 Å². The first-order chi connectivity index (χ1) is 8.84. The summed E-state index contributed by atoms with van der Waals surface area (Å²) in [5.41, 5.74) is 0.717. The largest absolute Gasteiger partial charge is 0.375 e. The fraction of sp³-hybridized carbons (Fsp3) is 0.643. The van der Waals surface area contributed by atoms with E-state index in [1.807, 2.05) is 12.1 Å². The highest BCUT2D eigenvalue weighted by Gasteiger charge is 2.34. The molecule has 98 valence electrons. The number of ketones is 1. The fourth-order valence-electron chi connectivity index (χ4n) is 3.15. The molecule has 1 N–H and O–H groups in total. The molecule has 4 nitrogen and oxygen atoms in total. The lowest BCUT2D eigenvalue weighted by Gasteiger charge is -2.43. The Bertz CT molecular complexity index is 400. The van der Waals surface area contributed by atoms with E-state index in [9.17, 15) is 4.79 Å². The van der Waals surface area contributed by atoms with Gasteiger partial charge in [-0.05, 0) is 25.0 Å². The van der Waals surface area contributed by atoms with Gasteiger partial charge in [0.1, 0.15) is 0 Å². The van der Waals surface area contributed by atoms with Gasteiger partial charge in [0.2, 0.25) is 0 Å². The molecule has 1 saturated heterocycles. The number of carbonyl (C=O) groups excluding carboxylic acids is 1. The highest BCUT2D eigenvalue weighted by Crippen LogP contribution is 2.28. The van der Waals surface area contributed by atoms with E-state index >= 15 is 0 Å². The molecule has 0 spiro atoms.